The van der Waals surface area contributed by atoms with Crippen LogP contribution in [0.5, 0.6) is 17.4 Å². The first-order valence-corrected chi connectivity index (χ1v) is 22.2. The Labute approximate surface area is 380 Å². The van der Waals surface area contributed by atoms with Crippen LogP contribution in [0.3, 0.4) is 0 Å². The predicted molar refractivity (Wildman–Crippen MR) is 230 cm³/mol. The number of alkyl carbamates (subject to hydrolysis) is 1. The van der Waals surface area contributed by atoms with Crippen LogP contribution in [-0.4, -0.2) is 111 Å². The van der Waals surface area contributed by atoms with E-state index in [2.05, 4.69) is 35.4 Å². The van der Waals surface area contributed by atoms with Crippen LogP contribution in [0, 0.1) is 0 Å². The lowest BCUT2D eigenvalue weighted by atomic mass is 9.84. The van der Waals surface area contributed by atoms with Crippen molar-refractivity contribution in [3.63, 3.8) is 0 Å². The highest BCUT2D eigenvalue weighted by Crippen LogP contribution is 2.33. The van der Waals surface area contributed by atoms with Crippen molar-refractivity contribution in [3.8, 4) is 17.4 Å². The van der Waals surface area contributed by atoms with Crippen molar-refractivity contribution < 1.29 is 74.3 Å². The van der Waals surface area contributed by atoms with Gasteiger partial charge in [0.25, 0.3) is 17.9 Å². The summed E-state index contributed by atoms with van der Waals surface area (Å²) in [4.78, 5) is 78.5. The molecule has 0 spiro atoms. The van der Waals surface area contributed by atoms with Gasteiger partial charge in [0.1, 0.15) is 53.2 Å². The van der Waals surface area contributed by atoms with Crippen LogP contribution in [0.2, 0.25) is 0 Å². The normalized spacial score (nSPS) is 15.8. The zero-order valence-corrected chi connectivity index (χ0v) is 39.5. The van der Waals surface area contributed by atoms with E-state index >= 15 is 0 Å². The number of thiazole rings is 1. The number of nitrogens with zero attached hydrogens (tertiary/aromatic N) is 5. The van der Waals surface area contributed by atoms with Crippen molar-refractivity contribution in [2.45, 2.75) is 124 Å². The zero-order valence-electron chi connectivity index (χ0n) is 37.8. The third-order valence-electron chi connectivity index (χ3n) is 8.09. The molecule has 0 radical (unpaired) electrons. The molecule has 3 aromatic heterocycles. The third kappa shape index (κ3) is 16.7. The van der Waals surface area contributed by atoms with Gasteiger partial charge in [-0.05, 0) is 82.2 Å². The summed E-state index contributed by atoms with van der Waals surface area (Å²) in [6, 6.07) is 5.13. The van der Waals surface area contributed by atoms with Gasteiger partial charge in [-0.1, -0.05) is 5.16 Å². The molecule has 4 amide bonds. The third-order valence-corrected chi connectivity index (χ3v) is 9.18. The molecule has 1 saturated heterocycles. The van der Waals surface area contributed by atoms with E-state index in [1.54, 1.807) is 74.4 Å². The van der Waals surface area contributed by atoms with Crippen LogP contribution >= 0.6 is 11.3 Å². The number of ether oxygens (including phenoxy) is 5. The summed E-state index contributed by atoms with van der Waals surface area (Å²) in [5.41, 5.74) is -4.69. The molecule has 0 aliphatic carbocycles. The smallest absolute Gasteiger partial charge is 0.418 e. The quantitative estimate of drug-likeness (QED) is 0.0203. The van der Waals surface area contributed by atoms with Gasteiger partial charge < -0.3 is 39.2 Å². The van der Waals surface area contributed by atoms with Crippen molar-refractivity contribution in [2.24, 2.45) is 5.16 Å². The number of amides is 4. The SMILES string of the molecule is CC(C)(C)OC(=O)NCCC[n+]1ccc(Oc2ccc(OCC(O/N=C(\C(=O)NC3C(=O)N(OS(=O)(=O)O)C3(C)C)c3csc(NC(=O)OC(C)(C)C)n3)C(=O)OC(C)(C)C)cn2)cc1. The number of esters is 1. The second kappa shape index (κ2) is 20.8. The van der Waals surface area contributed by atoms with Crippen molar-refractivity contribution in [2.75, 3.05) is 18.5 Å². The molecule has 4 heterocycles. The molecule has 3 aromatic rings. The molecule has 0 bridgehead atoms. The summed E-state index contributed by atoms with van der Waals surface area (Å²) < 4.78 is 65.8. The van der Waals surface area contributed by atoms with Gasteiger partial charge in [-0.25, -0.2) is 28.9 Å². The summed E-state index contributed by atoms with van der Waals surface area (Å²) in [7, 11) is -5.09. The second-order valence-corrected chi connectivity index (χ2v) is 19.6. The zero-order chi connectivity index (χ0) is 48.5. The standard InChI is InChI=1S/C40H54N8O15S2/c1-37(2,3)59-33(51)27(22-57-25-13-14-28(42-21-25)58-24-15-19-47(20-16-24)18-12-17-41-35(52)60-38(4,5)6)62-46-29(26-23-64-34(43-26)45-36(53)61-39(7,8)9)31(49)44-30-32(50)48(40(30,10)11)63-65(54,55)56/h13-16,19-21,23,27,30H,12,17-18,22H2,1-11H3,(H3-,41,43,44,45,49,52,53,54,55,56)/p+1/b46-29-. The number of carbonyl (C=O) groups is 5. The maximum absolute atomic E-state index is 13.8. The van der Waals surface area contributed by atoms with Crippen LogP contribution in [0.4, 0.5) is 14.7 Å². The number of nitrogens with one attached hydrogen (secondary N) is 3. The van der Waals surface area contributed by atoms with Gasteiger partial charge in [0.05, 0.1) is 11.7 Å². The number of hydrogen-bond donors (Lipinski definition) is 4. The molecular weight excluding hydrogens is 897 g/mol. The van der Waals surface area contributed by atoms with Crippen LogP contribution in [-0.2, 0) is 54.7 Å². The predicted octanol–water partition coefficient (Wildman–Crippen LogP) is 4.23. The molecule has 1 fully saturated rings. The highest BCUT2D eigenvalue weighted by molar-refractivity contribution is 7.80. The molecule has 25 heteroatoms. The molecule has 0 aromatic carbocycles. The Balaban J connectivity index is 1.48. The van der Waals surface area contributed by atoms with E-state index in [0.29, 0.717) is 30.3 Å². The number of β-lactam (4-membered cyclic amide) rings is 1. The largest absolute Gasteiger partial charge is 0.487 e. The summed E-state index contributed by atoms with van der Waals surface area (Å²) >= 11 is 0.880. The van der Waals surface area contributed by atoms with Crippen molar-refractivity contribution in [1.82, 2.24) is 25.7 Å². The van der Waals surface area contributed by atoms with Crippen LogP contribution in [0.1, 0.15) is 88.3 Å². The lowest BCUT2D eigenvalue weighted by Crippen LogP contribution is -2.76. The van der Waals surface area contributed by atoms with Crippen LogP contribution in [0.15, 0.2) is 53.4 Å². The average molecular weight is 952 g/mol. The maximum atomic E-state index is 13.8. The van der Waals surface area contributed by atoms with Gasteiger partial charge in [-0.2, -0.15) is 13.5 Å². The maximum Gasteiger partial charge on any atom is 0.418 e. The van der Waals surface area contributed by atoms with Crippen LogP contribution in [0.25, 0.3) is 0 Å². The Hall–Kier alpha value is -6.18. The Bertz CT molecular complexity index is 2320. The number of pyridine rings is 2. The van der Waals surface area contributed by atoms with E-state index in [1.807, 2.05) is 17.0 Å². The molecule has 0 saturated carbocycles. The van der Waals surface area contributed by atoms with Gasteiger partial charge in [-0.15, -0.1) is 15.6 Å². The molecule has 2 unspecified atom stereocenters. The summed E-state index contributed by atoms with van der Waals surface area (Å²) in [6.07, 6.45) is 2.69. The van der Waals surface area contributed by atoms with Gasteiger partial charge in [0.15, 0.2) is 23.2 Å². The number of rotatable bonds is 18. The molecule has 356 valence electrons. The number of anilines is 1. The summed E-state index contributed by atoms with van der Waals surface area (Å²) in [5.74, 6) is -2.15. The highest BCUT2D eigenvalue weighted by Gasteiger charge is 2.58. The minimum atomic E-state index is -5.09. The lowest BCUT2D eigenvalue weighted by Gasteiger charge is -2.50. The fourth-order valence-corrected chi connectivity index (χ4v) is 6.45. The van der Waals surface area contributed by atoms with Gasteiger partial charge in [0, 0.05) is 36.5 Å². The highest BCUT2D eigenvalue weighted by atomic mass is 32.3. The van der Waals surface area contributed by atoms with Gasteiger partial charge >= 0.3 is 28.6 Å². The minimum Gasteiger partial charge on any atom is -0.487 e. The van der Waals surface area contributed by atoms with Crippen LogP contribution < -0.4 is 30.0 Å². The van der Waals surface area contributed by atoms with E-state index in [4.69, 9.17) is 33.1 Å². The van der Waals surface area contributed by atoms with Crippen molar-refractivity contribution in [3.05, 3.63) is 53.9 Å². The topological polar surface area (TPSA) is 286 Å². The fourth-order valence-electron chi connectivity index (χ4n) is 5.31. The second-order valence-electron chi connectivity index (χ2n) is 17.7. The van der Waals surface area contributed by atoms with Crippen molar-refractivity contribution in [1.29, 1.82) is 0 Å². The molecule has 1 aliphatic rings. The van der Waals surface area contributed by atoms with E-state index in [-0.39, 0.29) is 22.5 Å². The first-order valence-electron chi connectivity index (χ1n) is 20.0. The number of aryl methyl sites for hydroxylation is 1. The van der Waals surface area contributed by atoms with E-state index in [1.165, 1.54) is 37.6 Å². The fraction of sp³-hybridized carbons (Fsp3) is 0.525. The first-order chi connectivity index (χ1) is 30.0. The van der Waals surface area contributed by atoms with E-state index in [9.17, 15) is 32.4 Å². The number of hydrogen-bond acceptors (Lipinski definition) is 18. The molecular formula is C40H55N8O15S2+. The number of hydroxylamine groups is 2. The molecule has 2 atom stereocenters. The average Bonchev–Trinajstić information content (AvgIpc) is 3.62. The Kier molecular flexibility index (Phi) is 16.4. The minimum absolute atomic E-state index is 0.0214. The Morgan fingerprint density at radius 1 is 0.938 bits per heavy atom. The van der Waals surface area contributed by atoms with E-state index in [0.717, 1.165) is 11.3 Å². The molecule has 4 rings (SSSR count). The van der Waals surface area contributed by atoms with Gasteiger partial charge in [-0.3, -0.25) is 19.5 Å². The number of aromatic nitrogens is 3. The molecule has 1 aliphatic heterocycles. The lowest BCUT2D eigenvalue weighted by molar-refractivity contribution is -0.697. The molecule has 23 nitrogen and oxygen atoms in total. The van der Waals surface area contributed by atoms with Crippen molar-refractivity contribution >= 4 is 62.5 Å². The van der Waals surface area contributed by atoms with E-state index < -0.39 is 87.2 Å². The first kappa shape index (κ1) is 51.5. The molecule has 4 N–H and O–H groups in total. The molecule has 65 heavy (non-hydrogen) atoms. The summed E-state index contributed by atoms with van der Waals surface area (Å²) in [6.45, 7) is 18.5. The number of oxime groups is 1. The van der Waals surface area contributed by atoms with Gasteiger partial charge in [0.2, 0.25) is 5.88 Å². The summed E-state index contributed by atoms with van der Waals surface area (Å²) in [5, 5.41) is 13.2. The number of carbonyl (C=O) groups excluding carboxylic acids is 5. The Morgan fingerprint density at radius 3 is 2.14 bits per heavy atom. The monoisotopic (exact) mass is 951 g/mol. The Morgan fingerprint density at radius 2 is 1.57 bits per heavy atom.